The molecule has 0 heterocycles. The molecule has 0 spiro atoms. The first-order valence-electron chi connectivity index (χ1n) is 12.7. The summed E-state index contributed by atoms with van der Waals surface area (Å²) < 4.78 is 0. The number of fused-ring (bicyclic) bond motifs is 1. The standard InChI is InChI=1S/C27H42.C2H6/c1-20(2)10-8-12-22(4)25-17-18-26-24(14-9-19-27(25,26)5)16-15-23-13-7-6-11-21(23)3;1-2/h8,12,15-16,20,22,25-26H,3,6-7,9-11,13-14,17-19H2,1-2,4-5H3;1-2H3/b12-8+,23-15-,24-16+;/t22-,25?,26?,27?;/m1./s1. The summed E-state index contributed by atoms with van der Waals surface area (Å²) in [7, 11) is 0. The highest BCUT2D eigenvalue weighted by Crippen LogP contribution is 2.59. The number of rotatable bonds is 5. The highest BCUT2D eigenvalue weighted by Gasteiger charge is 2.50. The van der Waals surface area contributed by atoms with Gasteiger partial charge < -0.3 is 0 Å². The van der Waals surface area contributed by atoms with Gasteiger partial charge in [0.2, 0.25) is 0 Å². The molecular formula is C29H48. The molecule has 164 valence electrons. The summed E-state index contributed by atoms with van der Waals surface area (Å²) in [4.78, 5) is 0. The van der Waals surface area contributed by atoms with Gasteiger partial charge in [-0.2, -0.15) is 0 Å². The lowest BCUT2D eigenvalue weighted by Gasteiger charge is -2.44. The van der Waals surface area contributed by atoms with Crippen LogP contribution in [0.5, 0.6) is 0 Å². The summed E-state index contributed by atoms with van der Waals surface area (Å²) in [6.07, 6.45) is 23.2. The van der Waals surface area contributed by atoms with Gasteiger partial charge in [-0.3, -0.25) is 0 Å². The van der Waals surface area contributed by atoms with Crippen molar-refractivity contribution in [3.63, 3.8) is 0 Å². The molecule has 0 aliphatic heterocycles. The molecule has 0 nitrogen and oxygen atoms in total. The van der Waals surface area contributed by atoms with E-state index in [1.807, 2.05) is 13.8 Å². The van der Waals surface area contributed by atoms with Gasteiger partial charge in [-0.1, -0.05) is 83.6 Å². The molecule has 0 aromatic heterocycles. The SMILES string of the molecule is C=C1CCCC/C1=C/C=C1\CCCC2(C)C1CCC2[C@H](C)/C=C/CC(C)C.CC. The van der Waals surface area contributed by atoms with E-state index < -0.39 is 0 Å². The first kappa shape index (κ1) is 24.2. The zero-order valence-electron chi connectivity index (χ0n) is 20.4. The van der Waals surface area contributed by atoms with Crippen LogP contribution in [-0.4, -0.2) is 0 Å². The van der Waals surface area contributed by atoms with Gasteiger partial charge in [0.1, 0.15) is 0 Å². The molecular weight excluding hydrogens is 348 g/mol. The van der Waals surface area contributed by atoms with Gasteiger partial charge >= 0.3 is 0 Å². The minimum absolute atomic E-state index is 0.508. The minimum Gasteiger partial charge on any atom is -0.0956 e. The smallest absolute Gasteiger partial charge is 0.0143 e. The third kappa shape index (κ3) is 5.99. The van der Waals surface area contributed by atoms with Gasteiger partial charge in [0, 0.05) is 0 Å². The molecule has 0 bridgehead atoms. The Morgan fingerprint density at radius 1 is 1.00 bits per heavy atom. The fourth-order valence-corrected chi connectivity index (χ4v) is 6.24. The van der Waals surface area contributed by atoms with E-state index in [9.17, 15) is 0 Å². The van der Waals surface area contributed by atoms with Crippen LogP contribution in [0.1, 0.15) is 106 Å². The Hall–Kier alpha value is -1.04. The molecule has 29 heavy (non-hydrogen) atoms. The molecule has 0 saturated heterocycles. The summed E-state index contributed by atoms with van der Waals surface area (Å²) in [5.74, 6) is 3.15. The van der Waals surface area contributed by atoms with Crippen LogP contribution in [0.2, 0.25) is 0 Å². The molecule has 3 fully saturated rings. The van der Waals surface area contributed by atoms with Crippen molar-refractivity contribution in [3.8, 4) is 0 Å². The van der Waals surface area contributed by atoms with Crippen molar-refractivity contribution in [3.05, 3.63) is 47.6 Å². The molecule has 0 amide bonds. The first-order chi connectivity index (χ1) is 13.9. The monoisotopic (exact) mass is 396 g/mol. The summed E-state index contributed by atoms with van der Waals surface area (Å²) in [5.41, 5.74) is 5.18. The maximum absolute atomic E-state index is 4.31. The van der Waals surface area contributed by atoms with Crippen LogP contribution in [0, 0.1) is 29.1 Å². The quantitative estimate of drug-likeness (QED) is 0.406. The zero-order valence-corrected chi connectivity index (χ0v) is 20.4. The van der Waals surface area contributed by atoms with Crippen molar-refractivity contribution in [2.75, 3.05) is 0 Å². The van der Waals surface area contributed by atoms with Crippen LogP contribution in [0.3, 0.4) is 0 Å². The van der Waals surface area contributed by atoms with Crippen molar-refractivity contribution >= 4 is 0 Å². The van der Waals surface area contributed by atoms with Crippen LogP contribution >= 0.6 is 0 Å². The van der Waals surface area contributed by atoms with Crippen LogP contribution in [0.4, 0.5) is 0 Å². The highest BCUT2D eigenvalue weighted by molar-refractivity contribution is 5.35. The second-order valence-corrected chi connectivity index (χ2v) is 10.3. The van der Waals surface area contributed by atoms with Crippen LogP contribution in [-0.2, 0) is 0 Å². The molecule has 3 saturated carbocycles. The van der Waals surface area contributed by atoms with E-state index >= 15 is 0 Å². The van der Waals surface area contributed by atoms with Crippen molar-refractivity contribution < 1.29 is 0 Å². The molecule has 0 heteroatoms. The fourth-order valence-electron chi connectivity index (χ4n) is 6.24. The van der Waals surface area contributed by atoms with E-state index in [1.165, 1.54) is 75.4 Å². The van der Waals surface area contributed by atoms with E-state index in [1.54, 1.807) is 5.57 Å². The number of hydrogen-bond acceptors (Lipinski definition) is 0. The normalized spacial score (nSPS) is 33.8. The maximum Gasteiger partial charge on any atom is -0.0143 e. The molecule has 3 aliphatic carbocycles. The molecule has 3 aliphatic rings. The van der Waals surface area contributed by atoms with Crippen molar-refractivity contribution in [1.82, 2.24) is 0 Å². The number of hydrogen-bond donors (Lipinski definition) is 0. The summed E-state index contributed by atoms with van der Waals surface area (Å²) in [6.45, 7) is 18.0. The van der Waals surface area contributed by atoms with E-state index in [-0.39, 0.29) is 0 Å². The van der Waals surface area contributed by atoms with E-state index in [4.69, 9.17) is 0 Å². The molecule has 4 atom stereocenters. The van der Waals surface area contributed by atoms with E-state index in [0.717, 1.165) is 23.7 Å². The van der Waals surface area contributed by atoms with Crippen molar-refractivity contribution in [2.45, 2.75) is 106 Å². The molecule has 0 aromatic rings. The molecule has 0 radical (unpaired) electrons. The maximum atomic E-state index is 4.31. The van der Waals surface area contributed by atoms with Gasteiger partial charge in [0.25, 0.3) is 0 Å². The summed E-state index contributed by atoms with van der Waals surface area (Å²) in [5, 5.41) is 0. The van der Waals surface area contributed by atoms with Gasteiger partial charge in [0.05, 0.1) is 0 Å². The topological polar surface area (TPSA) is 0 Å². The second kappa shape index (κ2) is 11.4. The predicted molar refractivity (Wildman–Crippen MR) is 131 cm³/mol. The van der Waals surface area contributed by atoms with Crippen molar-refractivity contribution in [1.29, 1.82) is 0 Å². The summed E-state index contributed by atoms with van der Waals surface area (Å²) in [6, 6.07) is 0. The average Bonchev–Trinajstić information content (AvgIpc) is 3.06. The zero-order chi connectivity index (χ0) is 21.4. The third-order valence-corrected chi connectivity index (χ3v) is 7.85. The average molecular weight is 397 g/mol. The lowest BCUT2D eigenvalue weighted by molar-refractivity contribution is 0.112. The van der Waals surface area contributed by atoms with Gasteiger partial charge in [-0.15, -0.1) is 0 Å². The van der Waals surface area contributed by atoms with Crippen molar-refractivity contribution in [2.24, 2.45) is 29.1 Å². The second-order valence-electron chi connectivity index (χ2n) is 10.3. The Morgan fingerprint density at radius 3 is 2.41 bits per heavy atom. The molecule has 0 N–H and O–H groups in total. The van der Waals surface area contributed by atoms with E-state index in [0.29, 0.717) is 5.41 Å². The van der Waals surface area contributed by atoms with Gasteiger partial charge in [-0.05, 0) is 98.9 Å². The van der Waals surface area contributed by atoms with Gasteiger partial charge in [-0.25, -0.2) is 0 Å². The van der Waals surface area contributed by atoms with Gasteiger partial charge in [0.15, 0.2) is 0 Å². The lowest BCUT2D eigenvalue weighted by atomic mass is 9.61. The fraction of sp³-hybridized carbons (Fsp3) is 0.724. The Morgan fingerprint density at radius 2 is 1.72 bits per heavy atom. The summed E-state index contributed by atoms with van der Waals surface area (Å²) >= 11 is 0. The number of allylic oxidation sites excluding steroid dienone is 7. The molecule has 0 aromatic carbocycles. The van der Waals surface area contributed by atoms with Crippen LogP contribution in [0.15, 0.2) is 47.6 Å². The Bertz CT molecular complexity index is 614. The Balaban J connectivity index is 0.00000145. The Labute approximate surface area is 182 Å². The third-order valence-electron chi connectivity index (χ3n) is 7.85. The minimum atomic E-state index is 0.508. The molecule has 3 rings (SSSR count). The Kier molecular flexibility index (Phi) is 9.51. The molecule has 3 unspecified atom stereocenters. The largest absolute Gasteiger partial charge is 0.0956 e. The lowest BCUT2D eigenvalue weighted by Crippen LogP contribution is -2.35. The van der Waals surface area contributed by atoms with Crippen LogP contribution < -0.4 is 0 Å². The predicted octanol–water partition coefficient (Wildman–Crippen LogP) is 9.45. The highest BCUT2D eigenvalue weighted by atomic mass is 14.5. The first-order valence-corrected chi connectivity index (χ1v) is 12.7. The van der Waals surface area contributed by atoms with Crippen LogP contribution in [0.25, 0.3) is 0 Å². The van der Waals surface area contributed by atoms with E-state index in [2.05, 4.69) is 58.6 Å².